The summed E-state index contributed by atoms with van der Waals surface area (Å²) in [6, 6.07) is -1.34. The number of nitrogens with two attached hydrogens (primary N) is 2. The van der Waals surface area contributed by atoms with Crippen LogP contribution >= 0.6 is 0 Å². The zero-order valence-electron chi connectivity index (χ0n) is 11.7. The average molecular weight is 274 g/mol. The maximum atomic E-state index is 12.0. The van der Waals surface area contributed by atoms with Crippen LogP contribution < -0.4 is 11.5 Å². The minimum absolute atomic E-state index is 0.374. The fraction of sp³-hybridized carbons (Fsp3) is 0.750. The van der Waals surface area contributed by atoms with Crippen LogP contribution in [0.5, 0.6) is 0 Å². The number of hydrogen-bond donors (Lipinski definition) is 3. The fourth-order valence-electron chi connectivity index (χ4n) is 1.56. The van der Waals surface area contributed by atoms with Gasteiger partial charge >= 0.3 is 11.9 Å². The molecule has 0 aliphatic heterocycles. The Morgan fingerprint density at radius 3 is 2.05 bits per heavy atom. The minimum atomic E-state index is -1.34. The Balaban J connectivity index is 5.17. The molecule has 0 amide bonds. The number of carbonyl (C=O) groups is 3. The van der Waals surface area contributed by atoms with Gasteiger partial charge in [0.25, 0.3) is 0 Å². The van der Waals surface area contributed by atoms with Gasteiger partial charge in [0.2, 0.25) is 0 Å². The van der Waals surface area contributed by atoms with Gasteiger partial charge in [0.15, 0.2) is 5.78 Å². The van der Waals surface area contributed by atoms with Gasteiger partial charge in [0, 0.05) is 5.92 Å². The molecule has 3 atom stereocenters. The van der Waals surface area contributed by atoms with Gasteiger partial charge in [-0.3, -0.25) is 14.4 Å². The summed E-state index contributed by atoms with van der Waals surface area (Å²) >= 11 is 0. The standard InChI is InChI=1S/C12H22N2O5/c1-6(9(14)10(16)17)8(7(15)5-13)11(18)19-12(2,3)4/h6,8-9H,5,13-14H2,1-4H3,(H,16,17)/t6?,8?,9-/m0/s1. The zero-order valence-corrected chi connectivity index (χ0v) is 11.7. The number of Topliss-reactive ketones (excluding diaryl/α,β-unsaturated/α-hetero) is 1. The molecule has 2 unspecified atom stereocenters. The molecule has 0 rings (SSSR count). The summed E-state index contributed by atoms with van der Waals surface area (Å²) in [5.41, 5.74) is 9.92. The number of carboxylic acids is 1. The van der Waals surface area contributed by atoms with E-state index in [2.05, 4.69) is 0 Å². The third-order valence-electron chi connectivity index (χ3n) is 2.59. The van der Waals surface area contributed by atoms with E-state index in [4.69, 9.17) is 21.3 Å². The van der Waals surface area contributed by atoms with Crippen LogP contribution in [-0.4, -0.2) is 41.0 Å². The second-order valence-corrected chi connectivity index (χ2v) is 5.40. The number of rotatable bonds is 6. The van der Waals surface area contributed by atoms with Crippen molar-refractivity contribution >= 4 is 17.7 Å². The second kappa shape index (κ2) is 6.63. The lowest BCUT2D eigenvalue weighted by Crippen LogP contribution is -2.47. The number of hydrogen-bond acceptors (Lipinski definition) is 6. The molecule has 7 heteroatoms. The van der Waals surface area contributed by atoms with Gasteiger partial charge in [-0.15, -0.1) is 0 Å². The average Bonchev–Trinajstić information content (AvgIpc) is 2.24. The van der Waals surface area contributed by atoms with Crippen LogP contribution in [0.1, 0.15) is 27.7 Å². The summed E-state index contributed by atoms with van der Waals surface area (Å²) in [6.07, 6.45) is 0. The van der Waals surface area contributed by atoms with Crippen molar-refractivity contribution in [3.05, 3.63) is 0 Å². The topological polar surface area (TPSA) is 133 Å². The maximum absolute atomic E-state index is 12.0. The Labute approximate surface area is 112 Å². The first-order valence-electron chi connectivity index (χ1n) is 5.95. The van der Waals surface area contributed by atoms with Crippen LogP contribution in [-0.2, 0) is 19.1 Å². The minimum Gasteiger partial charge on any atom is -0.480 e. The molecule has 0 bridgehead atoms. The molecule has 0 heterocycles. The Bertz CT molecular complexity index is 362. The normalized spacial score (nSPS) is 16.3. The fourth-order valence-corrected chi connectivity index (χ4v) is 1.56. The summed E-state index contributed by atoms with van der Waals surface area (Å²) in [4.78, 5) is 34.6. The molecule has 110 valence electrons. The van der Waals surface area contributed by atoms with E-state index in [1.165, 1.54) is 6.92 Å². The molecule has 0 aliphatic carbocycles. The first-order chi connectivity index (χ1) is 8.51. The number of carbonyl (C=O) groups excluding carboxylic acids is 2. The molecule has 0 aromatic heterocycles. The van der Waals surface area contributed by atoms with Gasteiger partial charge in [0.1, 0.15) is 17.6 Å². The van der Waals surface area contributed by atoms with Crippen LogP contribution in [0.2, 0.25) is 0 Å². The van der Waals surface area contributed by atoms with Crippen molar-refractivity contribution in [2.24, 2.45) is 23.3 Å². The smallest absolute Gasteiger partial charge is 0.320 e. The summed E-state index contributed by atoms with van der Waals surface area (Å²) in [6.45, 7) is 5.99. The second-order valence-electron chi connectivity index (χ2n) is 5.40. The molecule has 7 nitrogen and oxygen atoms in total. The van der Waals surface area contributed by atoms with E-state index in [0.29, 0.717) is 0 Å². The van der Waals surface area contributed by atoms with Gasteiger partial charge in [-0.2, -0.15) is 0 Å². The third-order valence-corrected chi connectivity index (χ3v) is 2.59. The summed E-state index contributed by atoms with van der Waals surface area (Å²) in [5, 5.41) is 8.85. The predicted octanol–water partition coefficient (Wildman–Crippen LogP) is -0.480. The predicted molar refractivity (Wildman–Crippen MR) is 68.2 cm³/mol. The molecule has 0 aromatic rings. The first-order valence-corrected chi connectivity index (χ1v) is 5.95. The molecule has 0 fully saturated rings. The van der Waals surface area contributed by atoms with Crippen LogP contribution in [0.25, 0.3) is 0 Å². The molecule has 0 saturated carbocycles. The van der Waals surface area contributed by atoms with Crippen LogP contribution in [0.3, 0.4) is 0 Å². The zero-order chi connectivity index (χ0) is 15.4. The molecular weight excluding hydrogens is 252 g/mol. The molecule has 19 heavy (non-hydrogen) atoms. The lowest BCUT2D eigenvalue weighted by molar-refractivity contribution is -0.164. The molecule has 0 aromatic carbocycles. The number of esters is 1. The molecule has 0 radical (unpaired) electrons. The highest BCUT2D eigenvalue weighted by Crippen LogP contribution is 2.21. The Hall–Kier alpha value is -1.47. The number of aliphatic carboxylic acids is 1. The summed E-state index contributed by atoms with van der Waals surface area (Å²) in [5.74, 6) is -4.84. The van der Waals surface area contributed by atoms with Crippen molar-refractivity contribution in [3.8, 4) is 0 Å². The van der Waals surface area contributed by atoms with E-state index in [9.17, 15) is 14.4 Å². The number of carboxylic acid groups (broad SMARTS) is 1. The van der Waals surface area contributed by atoms with Crippen LogP contribution in [0.15, 0.2) is 0 Å². The highest BCUT2D eigenvalue weighted by atomic mass is 16.6. The van der Waals surface area contributed by atoms with Crippen molar-refractivity contribution < 1.29 is 24.2 Å². The SMILES string of the molecule is CC(C(C(=O)CN)C(=O)OC(C)(C)C)[C@H](N)C(=O)O. The maximum Gasteiger partial charge on any atom is 0.320 e. The molecular formula is C12H22N2O5. The monoisotopic (exact) mass is 274 g/mol. The Kier molecular flexibility index (Phi) is 6.11. The van der Waals surface area contributed by atoms with Crippen molar-refractivity contribution in [3.63, 3.8) is 0 Å². The van der Waals surface area contributed by atoms with Crippen molar-refractivity contribution in [1.82, 2.24) is 0 Å². The quantitative estimate of drug-likeness (QED) is 0.440. The van der Waals surface area contributed by atoms with Gasteiger partial charge < -0.3 is 21.3 Å². The lowest BCUT2D eigenvalue weighted by atomic mass is 9.84. The van der Waals surface area contributed by atoms with E-state index in [0.717, 1.165) is 0 Å². The van der Waals surface area contributed by atoms with Gasteiger partial charge in [0.05, 0.1) is 6.54 Å². The Morgan fingerprint density at radius 2 is 1.74 bits per heavy atom. The van der Waals surface area contributed by atoms with Crippen molar-refractivity contribution in [1.29, 1.82) is 0 Å². The van der Waals surface area contributed by atoms with Gasteiger partial charge in [-0.1, -0.05) is 6.92 Å². The van der Waals surface area contributed by atoms with E-state index in [-0.39, 0.29) is 6.54 Å². The van der Waals surface area contributed by atoms with E-state index in [1.54, 1.807) is 20.8 Å². The van der Waals surface area contributed by atoms with Gasteiger partial charge in [-0.25, -0.2) is 0 Å². The summed E-state index contributed by atoms with van der Waals surface area (Å²) in [7, 11) is 0. The molecule has 0 spiro atoms. The van der Waals surface area contributed by atoms with Gasteiger partial charge in [-0.05, 0) is 20.8 Å². The lowest BCUT2D eigenvalue weighted by Gasteiger charge is -2.27. The van der Waals surface area contributed by atoms with Crippen molar-refractivity contribution in [2.75, 3.05) is 6.54 Å². The van der Waals surface area contributed by atoms with E-state index >= 15 is 0 Å². The van der Waals surface area contributed by atoms with E-state index in [1.807, 2.05) is 0 Å². The molecule has 5 N–H and O–H groups in total. The van der Waals surface area contributed by atoms with Crippen LogP contribution in [0.4, 0.5) is 0 Å². The van der Waals surface area contributed by atoms with Crippen molar-refractivity contribution in [2.45, 2.75) is 39.3 Å². The highest BCUT2D eigenvalue weighted by Gasteiger charge is 2.39. The first kappa shape index (κ1) is 17.5. The number of ether oxygens (including phenoxy) is 1. The molecule has 0 saturated heterocycles. The number of ketones is 1. The van der Waals surface area contributed by atoms with Crippen LogP contribution in [0, 0.1) is 11.8 Å². The third kappa shape index (κ3) is 5.35. The Morgan fingerprint density at radius 1 is 1.26 bits per heavy atom. The highest BCUT2D eigenvalue weighted by molar-refractivity contribution is 6.01. The summed E-state index contributed by atoms with van der Waals surface area (Å²) < 4.78 is 5.11. The largest absolute Gasteiger partial charge is 0.480 e. The molecule has 0 aliphatic rings. The van der Waals surface area contributed by atoms with E-state index < -0.39 is 41.2 Å².